The zero-order valence-corrected chi connectivity index (χ0v) is 18.5. The molecule has 0 radical (unpaired) electrons. The van der Waals surface area contributed by atoms with Crippen LogP contribution in [0.5, 0.6) is 0 Å². The van der Waals surface area contributed by atoms with Crippen molar-refractivity contribution in [3.05, 3.63) is 91.4 Å². The van der Waals surface area contributed by atoms with Crippen LogP contribution >= 0.6 is 34.8 Å². The van der Waals surface area contributed by atoms with E-state index in [0.29, 0.717) is 20.6 Å². The van der Waals surface area contributed by atoms with Crippen molar-refractivity contribution in [2.75, 3.05) is 10.1 Å². The molecule has 12 heteroatoms. The molecule has 3 aromatic rings. The van der Waals surface area contributed by atoms with Crippen molar-refractivity contribution < 1.29 is 13.3 Å². The Hall–Kier alpha value is -2.85. The largest absolute Gasteiger partial charge is 0.280 e. The van der Waals surface area contributed by atoms with Crippen LogP contribution in [0.1, 0.15) is 5.56 Å². The van der Waals surface area contributed by atoms with Gasteiger partial charge >= 0.3 is 0 Å². The second-order valence-corrected chi connectivity index (χ2v) is 8.96. The molecule has 0 heterocycles. The van der Waals surface area contributed by atoms with Gasteiger partial charge in [0.25, 0.3) is 15.7 Å². The first-order valence-corrected chi connectivity index (χ1v) is 11.1. The minimum atomic E-state index is -4.21. The van der Waals surface area contributed by atoms with E-state index < -0.39 is 20.6 Å². The van der Waals surface area contributed by atoms with E-state index in [-0.39, 0.29) is 16.3 Å². The lowest BCUT2D eigenvalue weighted by molar-refractivity contribution is -0.385. The first-order valence-electron chi connectivity index (χ1n) is 8.47. The molecular weight excluding hydrogens is 487 g/mol. The Morgan fingerprint density at radius 3 is 2.23 bits per heavy atom. The summed E-state index contributed by atoms with van der Waals surface area (Å²) in [5.41, 5.74) is 2.83. The first kappa shape index (κ1) is 22.8. The van der Waals surface area contributed by atoms with E-state index in [1.54, 1.807) is 18.2 Å². The summed E-state index contributed by atoms with van der Waals surface area (Å²) in [6.45, 7) is 0. The number of non-ortho nitro benzene ring substituents is 1. The van der Waals surface area contributed by atoms with Crippen LogP contribution in [0.15, 0.2) is 70.7 Å². The third-order valence-electron chi connectivity index (χ3n) is 3.94. The van der Waals surface area contributed by atoms with Crippen LogP contribution in [-0.2, 0) is 10.0 Å². The smallest absolute Gasteiger partial charge is 0.270 e. The predicted octanol–water partition coefficient (Wildman–Crippen LogP) is 5.80. The lowest BCUT2D eigenvalue weighted by Gasteiger charge is -2.12. The van der Waals surface area contributed by atoms with Crippen molar-refractivity contribution in [3.63, 3.8) is 0 Å². The number of nitro groups is 1. The van der Waals surface area contributed by atoms with Gasteiger partial charge in [-0.25, -0.2) is 8.42 Å². The van der Waals surface area contributed by atoms with Gasteiger partial charge in [-0.2, -0.15) is 5.10 Å². The van der Waals surface area contributed by atoms with Crippen molar-refractivity contribution >= 4 is 68.1 Å². The third-order valence-corrected chi connectivity index (χ3v) is 6.27. The molecule has 0 aliphatic rings. The van der Waals surface area contributed by atoms with Gasteiger partial charge < -0.3 is 0 Å². The van der Waals surface area contributed by atoms with E-state index in [1.807, 2.05) is 0 Å². The number of sulfonamides is 1. The maximum absolute atomic E-state index is 12.9. The summed E-state index contributed by atoms with van der Waals surface area (Å²) in [6.07, 6.45) is 1.31. The molecule has 0 saturated heterocycles. The lowest BCUT2D eigenvalue weighted by atomic mass is 10.2. The summed E-state index contributed by atoms with van der Waals surface area (Å²) in [4.78, 5) is 10.1. The second kappa shape index (κ2) is 9.52. The quantitative estimate of drug-likeness (QED) is 0.242. The van der Waals surface area contributed by atoms with Crippen LogP contribution in [0.25, 0.3) is 0 Å². The number of benzene rings is 3. The number of hydrazone groups is 1. The van der Waals surface area contributed by atoms with E-state index in [0.717, 1.165) is 12.1 Å². The summed E-state index contributed by atoms with van der Waals surface area (Å²) in [7, 11) is -4.21. The van der Waals surface area contributed by atoms with E-state index in [1.165, 1.54) is 36.5 Å². The molecule has 2 N–H and O–H groups in total. The molecule has 0 fully saturated rings. The Balaban J connectivity index is 1.96. The average molecular weight is 500 g/mol. The van der Waals surface area contributed by atoms with Gasteiger partial charge in [0.15, 0.2) is 0 Å². The molecule has 3 aromatic carbocycles. The van der Waals surface area contributed by atoms with Gasteiger partial charge in [0.05, 0.1) is 26.9 Å². The molecule has 0 saturated carbocycles. The molecule has 8 nitrogen and oxygen atoms in total. The minimum absolute atomic E-state index is 0.00601. The predicted molar refractivity (Wildman–Crippen MR) is 123 cm³/mol. The number of nitrogens with one attached hydrogen (secondary N) is 2. The van der Waals surface area contributed by atoms with Gasteiger partial charge in [0.2, 0.25) is 0 Å². The number of nitrogens with zero attached hydrogens (tertiary/aromatic N) is 2. The summed E-state index contributed by atoms with van der Waals surface area (Å²) >= 11 is 18.0. The van der Waals surface area contributed by atoms with E-state index in [4.69, 9.17) is 34.8 Å². The lowest BCUT2D eigenvalue weighted by Crippen LogP contribution is -2.15. The molecule has 0 amide bonds. The Kier molecular flexibility index (Phi) is 7.01. The monoisotopic (exact) mass is 498 g/mol. The third kappa shape index (κ3) is 5.65. The van der Waals surface area contributed by atoms with Gasteiger partial charge in [-0.3, -0.25) is 20.3 Å². The maximum Gasteiger partial charge on any atom is 0.270 e. The normalized spacial score (nSPS) is 11.5. The molecule has 3 rings (SSSR count). The second-order valence-electron chi connectivity index (χ2n) is 6.06. The molecule has 0 unspecified atom stereocenters. The summed E-state index contributed by atoms with van der Waals surface area (Å²) in [5, 5.41) is 16.3. The van der Waals surface area contributed by atoms with E-state index >= 15 is 0 Å². The zero-order chi connectivity index (χ0) is 22.6. The van der Waals surface area contributed by atoms with Crippen molar-refractivity contribution in [2.45, 2.75) is 4.90 Å². The van der Waals surface area contributed by atoms with Crippen LogP contribution in [-0.4, -0.2) is 19.6 Å². The molecule has 160 valence electrons. The van der Waals surface area contributed by atoms with Crippen molar-refractivity contribution in [1.29, 1.82) is 0 Å². The topological polar surface area (TPSA) is 114 Å². The fourth-order valence-electron chi connectivity index (χ4n) is 2.47. The molecule has 0 aliphatic heterocycles. The maximum atomic E-state index is 12.9. The highest BCUT2D eigenvalue weighted by atomic mass is 35.5. The molecule has 31 heavy (non-hydrogen) atoms. The Morgan fingerprint density at radius 1 is 0.968 bits per heavy atom. The molecule has 0 atom stereocenters. The Bertz CT molecular complexity index is 1250. The fourth-order valence-corrected chi connectivity index (χ4v) is 4.32. The van der Waals surface area contributed by atoms with E-state index in [9.17, 15) is 18.5 Å². The molecular formula is C19H13Cl3N4O4S. The summed E-state index contributed by atoms with van der Waals surface area (Å²) < 4.78 is 28.2. The summed E-state index contributed by atoms with van der Waals surface area (Å²) in [5.74, 6) is 0. The molecule has 0 bridgehead atoms. The van der Waals surface area contributed by atoms with Gasteiger partial charge in [-0.1, -0.05) is 40.9 Å². The SMILES string of the molecule is O=[N+]([O-])c1ccc(NN=Cc2c(Cl)cccc2Cl)c(S(=O)(=O)Nc2ccc(Cl)cc2)c1. The van der Waals surface area contributed by atoms with Crippen molar-refractivity contribution in [2.24, 2.45) is 5.10 Å². The van der Waals surface area contributed by atoms with Crippen LogP contribution in [0.4, 0.5) is 17.1 Å². The number of halogens is 3. The highest BCUT2D eigenvalue weighted by molar-refractivity contribution is 7.92. The Labute approximate surface area is 192 Å². The highest BCUT2D eigenvalue weighted by Gasteiger charge is 2.22. The van der Waals surface area contributed by atoms with Gasteiger partial charge in [0.1, 0.15) is 4.90 Å². The summed E-state index contributed by atoms with van der Waals surface area (Å²) in [6, 6.07) is 14.1. The van der Waals surface area contributed by atoms with Gasteiger partial charge in [-0.15, -0.1) is 0 Å². The van der Waals surface area contributed by atoms with Crippen molar-refractivity contribution in [3.8, 4) is 0 Å². The molecule has 0 aromatic heterocycles. The first-order chi connectivity index (χ1) is 14.7. The van der Waals surface area contributed by atoms with Gasteiger partial charge in [-0.05, 0) is 42.5 Å². The average Bonchev–Trinajstić information content (AvgIpc) is 2.71. The minimum Gasteiger partial charge on any atom is -0.280 e. The van der Waals surface area contributed by atoms with Crippen molar-refractivity contribution in [1.82, 2.24) is 0 Å². The number of rotatable bonds is 7. The Morgan fingerprint density at radius 2 is 1.61 bits per heavy atom. The molecule has 0 spiro atoms. The van der Waals surface area contributed by atoms with Gasteiger partial charge in [0, 0.05) is 28.4 Å². The fraction of sp³-hybridized carbons (Fsp3) is 0. The van der Waals surface area contributed by atoms with Crippen LogP contribution in [0.2, 0.25) is 15.1 Å². The number of hydrogen-bond acceptors (Lipinski definition) is 6. The number of hydrogen-bond donors (Lipinski definition) is 2. The van der Waals surface area contributed by atoms with Crippen LogP contribution in [0, 0.1) is 10.1 Å². The molecule has 0 aliphatic carbocycles. The van der Waals surface area contributed by atoms with Crippen LogP contribution < -0.4 is 10.1 Å². The van der Waals surface area contributed by atoms with Crippen LogP contribution in [0.3, 0.4) is 0 Å². The zero-order valence-electron chi connectivity index (χ0n) is 15.4. The standard InChI is InChI=1S/C19H13Cl3N4O4S/c20-12-4-6-13(7-5-12)25-31(29,30)19-10-14(26(27)28)8-9-18(19)24-23-11-15-16(21)2-1-3-17(15)22/h1-11,24-25H. The number of nitro benzene ring substituents is 1. The number of anilines is 2. The van der Waals surface area contributed by atoms with E-state index in [2.05, 4.69) is 15.2 Å². The highest BCUT2D eigenvalue weighted by Crippen LogP contribution is 2.29.